The lowest BCUT2D eigenvalue weighted by Crippen LogP contribution is -2.13. The van der Waals surface area contributed by atoms with Gasteiger partial charge in [-0.25, -0.2) is 4.98 Å². The average Bonchev–Trinajstić information content (AvgIpc) is 2.83. The van der Waals surface area contributed by atoms with Crippen LogP contribution in [0, 0.1) is 6.92 Å². The fraction of sp³-hybridized carbons (Fsp3) is 0.286. The van der Waals surface area contributed by atoms with E-state index >= 15 is 0 Å². The van der Waals surface area contributed by atoms with Crippen molar-refractivity contribution in [2.24, 2.45) is 0 Å². The number of aromatic nitrogens is 1. The number of methoxy groups -OCH3 is 1. The summed E-state index contributed by atoms with van der Waals surface area (Å²) in [5.41, 5.74) is 1.53. The lowest BCUT2D eigenvalue weighted by molar-refractivity contribution is -0.116. The molecule has 0 saturated carbocycles. The topological polar surface area (TPSA) is 51.2 Å². The molecule has 0 spiro atoms. The molecule has 0 fully saturated rings. The monoisotopic (exact) mass is 310 g/mol. The van der Waals surface area contributed by atoms with Crippen molar-refractivity contribution in [1.29, 1.82) is 0 Å². The van der Waals surface area contributed by atoms with Crippen LogP contribution in [0.4, 0.5) is 5.69 Å². The van der Waals surface area contributed by atoms with Crippen molar-refractivity contribution in [1.82, 2.24) is 4.98 Å². The Bertz CT molecular complexity index is 613. The normalized spacial score (nSPS) is 10.3. The minimum atomic E-state index is -0.0868. The lowest BCUT2D eigenvalue weighted by atomic mass is 10.2. The first-order valence-corrected chi connectivity index (χ1v) is 7.38. The highest BCUT2D eigenvalue weighted by atomic mass is 35.5. The number of carbonyl (C=O) groups is 1. The molecule has 1 amide bonds. The van der Waals surface area contributed by atoms with Gasteiger partial charge in [-0.1, -0.05) is 11.6 Å². The summed E-state index contributed by atoms with van der Waals surface area (Å²) in [6.07, 6.45) is 0.998. The number of thiazole rings is 1. The number of nitrogens with zero attached hydrogens (tertiary/aromatic N) is 1. The van der Waals surface area contributed by atoms with Crippen molar-refractivity contribution >= 4 is 34.5 Å². The van der Waals surface area contributed by atoms with E-state index in [1.165, 1.54) is 0 Å². The minimum Gasteiger partial charge on any atom is -0.495 e. The Kier molecular flexibility index (Phi) is 4.98. The molecule has 0 aliphatic heterocycles. The van der Waals surface area contributed by atoms with Crippen LogP contribution in [0.1, 0.15) is 17.1 Å². The van der Waals surface area contributed by atoms with Gasteiger partial charge >= 0.3 is 0 Å². The van der Waals surface area contributed by atoms with Gasteiger partial charge in [-0.15, -0.1) is 11.3 Å². The Morgan fingerprint density at radius 3 is 2.95 bits per heavy atom. The minimum absolute atomic E-state index is 0.0868. The molecule has 106 valence electrons. The highest BCUT2D eigenvalue weighted by Crippen LogP contribution is 2.27. The quantitative estimate of drug-likeness (QED) is 0.916. The van der Waals surface area contributed by atoms with Gasteiger partial charge in [0.15, 0.2) is 0 Å². The standard InChI is InChI=1S/C14H15ClN2O2S/c1-9-16-11(8-20-9)4-6-14(18)17-12-7-10(15)3-5-13(12)19-2/h3,5,7-8H,4,6H2,1-2H3,(H,17,18). The summed E-state index contributed by atoms with van der Waals surface area (Å²) in [5.74, 6) is 0.503. The molecule has 0 unspecified atom stereocenters. The Morgan fingerprint density at radius 1 is 1.50 bits per heavy atom. The molecule has 0 saturated heterocycles. The van der Waals surface area contributed by atoms with Gasteiger partial charge in [0.25, 0.3) is 0 Å². The Hall–Kier alpha value is -1.59. The van der Waals surface area contributed by atoms with Gasteiger partial charge in [0.1, 0.15) is 5.75 Å². The number of carbonyl (C=O) groups excluding carboxylic acids is 1. The van der Waals surface area contributed by atoms with Crippen LogP contribution >= 0.6 is 22.9 Å². The van der Waals surface area contributed by atoms with E-state index in [1.807, 2.05) is 12.3 Å². The number of benzene rings is 1. The van der Waals surface area contributed by atoms with Crippen LogP contribution in [-0.4, -0.2) is 18.0 Å². The molecule has 0 aliphatic rings. The second kappa shape index (κ2) is 6.72. The SMILES string of the molecule is COc1ccc(Cl)cc1NC(=O)CCc1csc(C)n1. The number of rotatable bonds is 5. The summed E-state index contributed by atoms with van der Waals surface area (Å²) in [5, 5.41) is 6.34. The third-order valence-electron chi connectivity index (χ3n) is 2.71. The van der Waals surface area contributed by atoms with Crippen LogP contribution in [0.2, 0.25) is 5.02 Å². The molecule has 0 bridgehead atoms. The maximum Gasteiger partial charge on any atom is 0.224 e. The molecule has 2 rings (SSSR count). The van der Waals surface area contributed by atoms with Crippen molar-refractivity contribution in [3.05, 3.63) is 39.3 Å². The molecule has 4 nitrogen and oxygen atoms in total. The summed E-state index contributed by atoms with van der Waals surface area (Å²) in [4.78, 5) is 16.3. The number of halogens is 1. The first-order valence-electron chi connectivity index (χ1n) is 6.13. The molecule has 0 aliphatic carbocycles. The molecule has 6 heteroatoms. The molecule has 1 heterocycles. The summed E-state index contributed by atoms with van der Waals surface area (Å²) < 4.78 is 5.18. The summed E-state index contributed by atoms with van der Waals surface area (Å²) in [6.45, 7) is 1.95. The third kappa shape index (κ3) is 3.95. The fourth-order valence-corrected chi connectivity index (χ4v) is 2.57. The number of amides is 1. The smallest absolute Gasteiger partial charge is 0.224 e. The second-order valence-corrected chi connectivity index (χ2v) is 5.75. The van der Waals surface area contributed by atoms with Gasteiger partial charge in [0.05, 0.1) is 23.5 Å². The van der Waals surface area contributed by atoms with E-state index in [9.17, 15) is 4.79 Å². The Balaban J connectivity index is 1.96. The van der Waals surface area contributed by atoms with Gasteiger partial charge in [0.2, 0.25) is 5.91 Å². The predicted octanol–water partition coefficient (Wildman–Crippen LogP) is 3.68. The molecule has 1 aromatic heterocycles. The van der Waals surface area contributed by atoms with Gasteiger partial charge in [-0.2, -0.15) is 0 Å². The van der Waals surface area contributed by atoms with Crippen LogP contribution < -0.4 is 10.1 Å². The fourth-order valence-electron chi connectivity index (χ4n) is 1.76. The molecule has 0 radical (unpaired) electrons. The van der Waals surface area contributed by atoms with Gasteiger partial charge in [-0.05, 0) is 31.5 Å². The highest BCUT2D eigenvalue weighted by molar-refractivity contribution is 7.09. The number of nitrogens with one attached hydrogen (secondary N) is 1. The van der Waals surface area contributed by atoms with Crippen molar-refractivity contribution in [2.45, 2.75) is 19.8 Å². The van der Waals surface area contributed by atoms with E-state index in [1.54, 1.807) is 36.6 Å². The summed E-state index contributed by atoms with van der Waals surface area (Å²) in [7, 11) is 1.55. The third-order valence-corrected chi connectivity index (χ3v) is 3.77. The van der Waals surface area contributed by atoms with Crippen LogP contribution in [0.25, 0.3) is 0 Å². The number of ether oxygens (including phenoxy) is 1. The molecule has 0 atom stereocenters. The Labute approximate surface area is 126 Å². The van der Waals surface area contributed by atoms with Crippen molar-refractivity contribution in [3.8, 4) is 5.75 Å². The van der Waals surface area contributed by atoms with Crippen molar-refractivity contribution in [2.75, 3.05) is 12.4 Å². The summed E-state index contributed by atoms with van der Waals surface area (Å²) >= 11 is 7.51. The zero-order valence-corrected chi connectivity index (χ0v) is 12.8. The maximum absolute atomic E-state index is 11.9. The van der Waals surface area contributed by atoms with Gasteiger partial charge < -0.3 is 10.1 Å². The first kappa shape index (κ1) is 14.8. The number of hydrogen-bond acceptors (Lipinski definition) is 4. The summed E-state index contributed by atoms with van der Waals surface area (Å²) in [6, 6.07) is 5.11. The zero-order chi connectivity index (χ0) is 14.5. The van der Waals surface area contributed by atoms with Crippen molar-refractivity contribution < 1.29 is 9.53 Å². The maximum atomic E-state index is 11.9. The number of hydrogen-bond donors (Lipinski definition) is 1. The average molecular weight is 311 g/mol. The highest BCUT2D eigenvalue weighted by Gasteiger charge is 2.09. The van der Waals surface area contributed by atoms with E-state index in [-0.39, 0.29) is 5.91 Å². The van der Waals surface area contributed by atoms with E-state index in [0.717, 1.165) is 10.7 Å². The van der Waals surface area contributed by atoms with Gasteiger partial charge in [0, 0.05) is 16.8 Å². The van der Waals surface area contributed by atoms with Crippen LogP contribution in [-0.2, 0) is 11.2 Å². The van der Waals surface area contributed by atoms with Gasteiger partial charge in [-0.3, -0.25) is 4.79 Å². The Morgan fingerprint density at radius 2 is 2.30 bits per heavy atom. The zero-order valence-electron chi connectivity index (χ0n) is 11.3. The molecule has 2 aromatic rings. The van der Waals surface area contributed by atoms with Crippen molar-refractivity contribution in [3.63, 3.8) is 0 Å². The van der Waals surface area contributed by atoms with Crippen LogP contribution in [0.5, 0.6) is 5.75 Å². The first-order chi connectivity index (χ1) is 9.58. The van der Waals surface area contributed by atoms with E-state index in [4.69, 9.17) is 16.3 Å². The molecule has 1 aromatic carbocycles. The molecule has 20 heavy (non-hydrogen) atoms. The van der Waals surface area contributed by atoms with E-state index < -0.39 is 0 Å². The molecular formula is C14H15ClN2O2S. The van der Waals surface area contributed by atoms with Crippen LogP contribution in [0.15, 0.2) is 23.6 Å². The second-order valence-electron chi connectivity index (χ2n) is 4.25. The predicted molar refractivity (Wildman–Crippen MR) is 81.8 cm³/mol. The molecule has 1 N–H and O–H groups in total. The van der Waals surface area contributed by atoms with Crippen LogP contribution in [0.3, 0.4) is 0 Å². The molecular weight excluding hydrogens is 296 g/mol. The lowest BCUT2D eigenvalue weighted by Gasteiger charge is -2.10. The largest absolute Gasteiger partial charge is 0.495 e. The number of aryl methyl sites for hydroxylation is 2. The van der Waals surface area contributed by atoms with E-state index in [2.05, 4.69) is 10.3 Å². The van der Waals surface area contributed by atoms with E-state index in [0.29, 0.717) is 29.3 Å². The number of anilines is 1.